The fourth-order valence-electron chi connectivity index (χ4n) is 0.234. The number of aromatic nitrogens is 3. The van der Waals surface area contributed by atoms with Gasteiger partial charge in [-0.05, 0) is 0 Å². The molecule has 1 aromatic heterocycles. The summed E-state index contributed by atoms with van der Waals surface area (Å²) < 4.78 is 42.0. The van der Waals surface area contributed by atoms with Crippen LogP contribution in [0, 0.1) is 0 Å². The highest BCUT2D eigenvalue weighted by Gasteiger charge is 1.84. The number of H-pyrrole nitrogens is 1. The van der Waals surface area contributed by atoms with Crippen LogP contribution in [-0.2, 0) is 6.37 Å². The largest absolute Gasteiger partial charge is 0.263 e. The smallest absolute Gasteiger partial charge is 0.137 e. The first kappa shape index (κ1) is 1.10. The highest BCUT2D eigenvalue weighted by atomic mass is 15.2. The maximum Gasteiger partial charge on any atom is 0.137 e. The summed E-state index contributed by atoms with van der Waals surface area (Å²) in [6.45, 7) is -2.82. The van der Waals surface area contributed by atoms with Crippen LogP contribution in [0.3, 0.4) is 0 Å². The van der Waals surface area contributed by atoms with Gasteiger partial charge in [-0.3, -0.25) is 5.10 Å². The molecule has 0 aliphatic carbocycles. The number of aryl methyl sites for hydroxylation is 1. The highest BCUT2D eigenvalue weighted by molar-refractivity contribution is 4.76. The average molecular weight is 103 g/mol. The monoisotopic (exact) mass is 103 g/mol. The van der Waals surface area contributed by atoms with Gasteiger partial charge in [-0.2, -0.15) is 5.10 Å². The van der Waals surface area contributed by atoms with Crippen molar-refractivity contribution in [1.82, 2.24) is 15.2 Å². The van der Waals surface area contributed by atoms with Gasteiger partial charge >= 0.3 is 0 Å². The Hall–Kier alpha value is -0.860. The first-order valence-electron chi connectivity index (χ1n) is 4.64. The van der Waals surface area contributed by atoms with E-state index in [0.717, 1.165) is 0 Å². The minimum Gasteiger partial charge on any atom is -0.263 e. The van der Waals surface area contributed by atoms with Gasteiger partial charge in [0.05, 0.1) is 0 Å². The van der Waals surface area contributed by atoms with E-state index in [1.54, 1.807) is 0 Å². The Morgan fingerprint density at radius 1 is 2.43 bits per heavy atom. The molecule has 1 N–H and O–H groups in total. The first-order valence-corrected chi connectivity index (χ1v) is 1.64. The maximum atomic E-state index is 7.22. The lowest BCUT2D eigenvalue weighted by atomic mass is 10.5. The summed E-state index contributed by atoms with van der Waals surface area (Å²) in [6.07, 6.45) is -3.03. The zero-order chi connectivity index (χ0) is 10.3. The quantitative estimate of drug-likeness (QED) is 0.557. The summed E-state index contributed by atoms with van der Waals surface area (Å²) in [5, 5.41) is 5.31. The molecular formula is C4H7N3. The van der Waals surface area contributed by atoms with E-state index in [0.29, 0.717) is 0 Å². The van der Waals surface area contributed by atoms with Crippen molar-refractivity contribution in [3.05, 3.63) is 12.1 Å². The molecule has 0 aromatic carbocycles. The van der Waals surface area contributed by atoms with Crippen molar-refractivity contribution in [2.24, 2.45) is 0 Å². The molecule has 0 spiro atoms. The Labute approximate surface area is 50.2 Å². The predicted molar refractivity (Wildman–Crippen MR) is 25.8 cm³/mol. The Balaban J connectivity index is 3.07. The number of nitrogens with one attached hydrogen (secondary N) is 1. The fraction of sp³-hybridized carbons (Fsp3) is 0.500. The zero-order valence-corrected chi connectivity index (χ0v) is 3.39. The molecule has 0 radical (unpaired) electrons. The molecule has 7 heavy (non-hydrogen) atoms. The van der Waals surface area contributed by atoms with Crippen molar-refractivity contribution >= 4 is 0 Å². The molecule has 1 heterocycles. The van der Waals surface area contributed by atoms with Crippen molar-refractivity contribution in [2.75, 3.05) is 0 Å². The van der Waals surface area contributed by atoms with Gasteiger partial charge in [-0.1, -0.05) is 6.85 Å². The molecule has 0 fully saturated rings. The molecule has 0 aliphatic rings. The van der Waals surface area contributed by atoms with E-state index in [4.69, 9.17) is 8.22 Å². The third-order valence-corrected chi connectivity index (χ3v) is 0.492. The lowest BCUT2D eigenvalue weighted by molar-refractivity contribution is 0.946. The van der Waals surface area contributed by atoms with Gasteiger partial charge in [0, 0.05) is 13.2 Å². The number of nitrogens with zero attached hydrogens (tertiary/aromatic N) is 2. The molecular weight excluding hydrogens is 90.1 g/mol. The van der Waals surface area contributed by atoms with Crippen LogP contribution in [0.25, 0.3) is 0 Å². The summed E-state index contributed by atoms with van der Waals surface area (Å²) in [7, 11) is 0. The molecule has 0 bridgehead atoms. The number of hydrogen-bond donors (Lipinski definition) is 1. The van der Waals surface area contributed by atoms with Gasteiger partial charge in [0.25, 0.3) is 0 Å². The standard InChI is InChI=1S/C4H7N3/c1-2-4-5-3-6-7-4/h3H,2H2,1H3,(H,5,6,7)/i1D3,2D2,3D. The Morgan fingerprint density at radius 2 is 3.43 bits per heavy atom. The minimum absolute atomic E-state index is 0.428. The third-order valence-electron chi connectivity index (χ3n) is 0.492. The van der Waals surface area contributed by atoms with Gasteiger partial charge in [-0.25, -0.2) is 4.98 Å². The lowest BCUT2D eigenvalue weighted by Gasteiger charge is -1.77. The van der Waals surface area contributed by atoms with Crippen molar-refractivity contribution in [3.8, 4) is 0 Å². The molecule has 0 atom stereocenters. The van der Waals surface area contributed by atoms with E-state index in [2.05, 4.69) is 15.2 Å². The van der Waals surface area contributed by atoms with Gasteiger partial charge in [0.2, 0.25) is 0 Å². The average Bonchev–Trinajstić information content (AvgIpc) is 2.33. The number of aromatic amines is 1. The highest BCUT2D eigenvalue weighted by Crippen LogP contribution is 1.82. The molecule has 0 saturated carbocycles. The molecule has 0 saturated heterocycles. The molecule has 1 rings (SSSR count). The van der Waals surface area contributed by atoms with Gasteiger partial charge in [0.1, 0.15) is 13.5 Å². The first-order chi connectivity index (χ1) is 5.75. The minimum atomic E-state index is -2.82. The Bertz CT molecular complexity index is 301. The zero-order valence-electron chi connectivity index (χ0n) is 9.39. The van der Waals surface area contributed by atoms with E-state index < -0.39 is 25.4 Å². The second-order valence-corrected chi connectivity index (χ2v) is 0.909. The van der Waals surface area contributed by atoms with E-state index in [1.807, 2.05) is 0 Å². The van der Waals surface area contributed by atoms with Gasteiger partial charge in [0.15, 0.2) is 0 Å². The van der Waals surface area contributed by atoms with Crippen LogP contribution < -0.4 is 0 Å². The van der Waals surface area contributed by atoms with Crippen molar-refractivity contribution in [2.45, 2.75) is 13.2 Å². The van der Waals surface area contributed by atoms with E-state index in [-0.39, 0.29) is 0 Å². The van der Waals surface area contributed by atoms with Crippen LogP contribution in [0.1, 0.15) is 20.9 Å². The van der Waals surface area contributed by atoms with E-state index >= 15 is 0 Å². The number of rotatable bonds is 1. The molecule has 0 aliphatic heterocycles. The van der Waals surface area contributed by atoms with Crippen LogP contribution in [0.5, 0.6) is 0 Å². The van der Waals surface area contributed by atoms with E-state index in [9.17, 15) is 0 Å². The summed E-state index contributed by atoms with van der Waals surface area (Å²) in [6, 6.07) is 0. The molecule has 3 nitrogen and oxygen atoms in total. The third kappa shape index (κ3) is 0.765. The van der Waals surface area contributed by atoms with Gasteiger partial charge < -0.3 is 0 Å². The predicted octanol–water partition coefficient (Wildman–Crippen LogP) is 0.367. The lowest BCUT2D eigenvalue weighted by Crippen LogP contribution is -1.79. The topological polar surface area (TPSA) is 41.6 Å². The van der Waals surface area contributed by atoms with Crippen LogP contribution in [0.2, 0.25) is 0 Å². The van der Waals surface area contributed by atoms with Crippen LogP contribution in [0.15, 0.2) is 6.30 Å². The molecule has 38 valence electrons. The van der Waals surface area contributed by atoms with Crippen LogP contribution in [0.4, 0.5) is 0 Å². The van der Waals surface area contributed by atoms with Gasteiger partial charge in [-0.15, -0.1) is 0 Å². The fourth-order valence-corrected chi connectivity index (χ4v) is 0.234. The molecule has 0 amide bonds. The van der Waals surface area contributed by atoms with Crippen molar-refractivity contribution in [3.63, 3.8) is 0 Å². The van der Waals surface area contributed by atoms with Crippen molar-refractivity contribution in [1.29, 1.82) is 0 Å². The Morgan fingerprint density at radius 3 is 4.00 bits per heavy atom. The molecule has 3 heteroatoms. The van der Waals surface area contributed by atoms with Crippen LogP contribution >= 0.6 is 0 Å². The molecule has 1 aromatic rings. The number of hydrogen-bond acceptors (Lipinski definition) is 2. The Kier molecular flexibility index (Phi) is 0.272. The SMILES string of the molecule is [2H]c1n[nH]c(C([2H])([2H])C([2H])([2H])[2H])n1. The summed E-state index contributed by atoms with van der Waals surface area (Å²) in [5.74, 6) is -0.447. The summed E-state index contributed by atoms with van der Waals surface area (Å²) in [5.41, 5.74) is 0. The summed E-state index contributed by atoms with van der Waals surface area (Å²) >= 11 is 0. The molecule has 0 unspecified atom stereocenters. The summed E-state index contributed by atoms with van der Waals surface area (Å²) in [4.78, 5) is 3.31. The van der Waals surface area contributed by atoms with Crippen LogP contribution in [-0.4, -0.2) is 15.2 Å². The van der Waals surface area contributed by atoms with Crippen molar-refractivity contribution < 1.29 is 8.22 Å². The maximum absolute atomic E-state index is 7.22. The normalized spacial score (nSPS) is 25.7. The second kappa shape index (κ2) is 1.73. The van der Waals surface area contributed by atoms with E-state index in [1.165, 1.54) is 0 Å². The second-order valence-electron chi connectivity index (χ2n) is 0.909.